The summed E-state index contributed by atoms with van der Waals surface area (Å²) in [6.07, 6.45) is 6.47. The van der Waals surface area contributed by atoms with Crippen molar-refractivity contribution in [1.82, 2.24) is 24.8 Å². The van der Waals surface area contributed by atoms with Gasteiger partial charge in [-0.05, 0) is 50.9 Å². The number of nitrogens with zero attached hydrogens (tertiary/aromatic N) is 6. The summed E-state index contributed by atoms with van der Waals surface area (Å²) in [4.78, 5) is 32.3. The summed E-state index contributed by atoms with van der Waals surface area (Å²) < 4.78 is 5.69. The molecule has 11 nitrogen and oxygen atoms in total. The van der Waals surface area contributed by atoms with Crippen LogP contribution in [0.15, 0.2) is 42.7 Å². The first-order valence-electron chi connectivity index (χ1n) is 12.2. The zero-order valence-electron chi connectivity index (χ0n) is 22.6. The Morgan fingerprint density at radius 3 is 2.69 bits per heavy atom. The molecule has 0 aliphatic carbocycles. The molecule has 0 aliphatic heterocycles. The van der Waals surface area contributed by atoms with Crippen LogP contribution in [-0.2, 0) is 4.79 Å². The minimum atomic E-state index is -0.544. The standard InChI is InChI=1S/C28H31N9O2/c1-17-16-32-27-19(17)13-21(33-23(27)15-29)20-8-9-31-28(34-20)35-22-12-18(6-7-26(30)38)24(14-25(22)39-5)37(4)11-10-36(2)3/h6-9,12-14,16,32H,10-11H2,1-5H3,(H2,30,38)(H,31,34,35). The smallest absolute Gasteiger partial charge is 0.241 e. The van der Waals surface area contributed by atoms with Crippen molar-refractivity contribution in [3.63, 3.8) is 0 Å². The first kappa shape index (κ1) is 27.1. The van der Waals surface area contributed by atoms with Gasteiger partial charge >= 0.3 is 0 Å². The highest BCUT2D eigenvalue weighted by Crippen LogP contribution is 2.35. The number of amides is 1. The minimum absolute atomic E-state index is 0.297. The topological polar surface area (TPSA) is 149 Å². The molecule has 0 atom stereocenters. The number of benzene rings is 1. The molecule has 0 bridgehead atoms. The molecule has 3 aromatic heterocycles. The van der Waals surface area contributed by atoms with Crippen LogP contribution in [0.5, 0.6) is 5.75 Å². The van der Waals surface area contributed by atoms with Crippen LogP contribution in [0.1, 0.15) is 16.8 Å². The number of aromatic amines is 1. The van der Waals surface area contributed by atoms with E-state index in [9.17, 15) is 10.1 Å². The summed E-state index contributed by atoms with van der Waals surface area (Å²) in [5.41, 5.74) is 10.7. The van der Waals surface area contributed by atoms with Gasteiger partial charge in [0.2, 0.25) is 11.9 Å². The van der Waals surface area contributed by atoms with Gasteiger partial charge in [0.15, 0.2) is 5.69 Å². The molecule has 39 heavy (non-hydrogen) atoms. The van der Waals surface area contributed by atoms with Crippen LogP contribution >= 0.6 is 0 Å². The number of H-pyrrole nitrogens is 1. The van der Waals surface area contributed by atoms with Gasteiger partial charge < -0.3 is 30.6 Å². The van der Waals surface area contributed by atoms with Crippen LogP contribution in [0.3, 0.4) is 0 Å². The lowest BCUT2D eigenvalue weighted by Gasteiger charge is -2.25. The molecular formula is C28H31N9O2. The number of aryl methyl sites for hydroxylation is 1. The Hall–Kier alpha value is -4.95. The van der Waals surface area contributed by atoms with Crippen molar-refractivity contribution in [2.75, 3.05) is 51.6 Å². The molecule has 11 heteroatoms. The minimum Gasteiger partial charge on any atom is -0.494 e. The number of primary amides is 1. The molecule has 4 rings (SSSR count). The van der Waals surface area contributed by atoms with E-state index >= 15 is 0 Å². The Bertz CT molecular complexity index is 1580. The molecule has 0 radical (unpaired) electrons. The van der Waals surface area contributed by atoms with Gasteiger partial charge in [-0.2, -0.15) is 5.26 Å². The van der Waals surface area contributed by atoms with E-state index < -0.39 is 5.91 Å². The van der Waals surface area contributed by atoms with Gasteiger partial charge in [-0.3, -0.25) is 4.79 Å². The van der Waals surface area contributed by atoms with Crippen molar-refractivity contribution < 1.29 is 9.53 Å². The SMILES string of the molecule is COc1cc(N(C)CCN(C)C)c(C=CC(N)=O)cc1Nc1nccc(-c2cc3c(C)c[nH]c3c(C#N)n2)n1. The molecule has 1 aromatic carbocycles. The zero-order valence-corrected chi connectivity index (χ0v) is 22.6. The van der Waals surface area contributed by atoms with Crippen LogP contribution < -0.4 is 20.7 Å². The van der Waals surface area contributed by atoms with E-state index in [2.05, 4.69) is 41.1 Å². The van der Waals surface area contributed by atoms with Crippen molar-refractivity contribution in [3.05, 3.63) is 59.6 Å². The first-order chi connectivity index (χ1) is 18.7. The third-order valence-electron chi connectivity index (χ3n) is 6.22. The van der Waals surface area contributed by atoms with E-state index in [1.165, 1.54) is 6.08 Å². The summed E-state index contributed by atoms with van der Waals surface area (Å²) in [6, 6.07) is 9.55. The van der Waals surface area contributed by atoms with Crippen molar-refractivity contribution in [1.29, 1.82) is 5.26 Å². The molecule has 4 N–H and O–H groups in total. The highest BCUT2D eigenvalue weighted by Gasteiger charge is 2.16. The third-order valence-corrected chi connectivity index (χ3v) is 6.22. The van der Waals surface area contributed by atoms with Gasteiger partial charge in [0.25, 0.3) is 0 Å². The number of aromatic nitrogens is 4. The number of methoxy groups -OCH3 is 1. The molecule has 1 amide bonds. The fourth-order valence-electron chi connectivity index (χ4n) is 4.11. The van der Waals surface area contributed by atoms with Crippen LogP contribution in [0, 0.1) is 18.3 Å². The average Bonchev–Trinajstić information content (AvgIpc) is 3.30. The second kappa shape index (κ2) is 11.6. The quantitative estimate of drug-likeness (QED) is 0.265. The molecule has 4 aromatic rings. The van der Waals surface area contributed by atoms with Crippen molar-refractivity contribution in [2.45, 2.75) is 6.92 Å². The Balaban J connectivity index is 1.72. The number of hydrogen-bond donors (Lipinski definition) is 3. The second-order valence-electron chi connectivity index (χ2n) is 9.32. The number of carbonyl (C=O) groups is 1. The monoisotopic (exact) mass is 525 g/mol. The summed E-state index contributed by atoms with van der Waals surface area (Å²) in [5, 5.41) is 13.8. The van der Waals surface area contributed by atoms with Gasteiger partial charge in [-0.25, -0.2) is 15.0 Å². The highest BCUT2D eigenvalue weighted by molar-refractivity contribution is 5.92. The Morgan fingerprint density at radius 1 is 1.21 bits per heavy atom. The molecule has 0 unspecified atom stereocenters. The maximum atomic E-state index is 11.5. The normalized spacial score (nSPS) is 11.2. The van der Waals surface area contributed by atoms with E-state index in [4.69, 9.17) is 10.5 Å². The lowest BCUT2D eigenvalue weighted by atomic mass is 10.1. The van der Waals surface area contributed by atoms with Gasteiger partial charge in [0.05, 0.1) is 29.7 Å². The summed E-state index contributed by atoms with van der Waals surface area (Å²) in [7, 11) is 7.59. The van der Waals surface area contributed by atoms with Crippen LogP contribution in [-0.4, -0.2) is 72.1 Å². The fourth-order valence-corrected chi connectivity index (χ4v) is 4.11. The van der Waals surface area contributed by atoms with Crippen LogP contribution in [0.25, 0.3) is 28.4 Å². The molecule has 3 heterocycles. The maximum absolute atomic E-state index is 11.5. The lowest BCUT2D eigenvalue weighted by Crippen LogP contribution is -2.29. The third kappa shape index (κ3) is 6.14. The Labute approximate surface area is 226 Å². The number of nitrogens with two attached hydrogens (primary N) is 1. The van der Waals surface area contributed by atoms with Gasteiger partial charge in [-0.1, -0.05) is 0 Å². The van der Waals surface area contributed by atoms with E-state index in [1.807, 2.05) is 52.5 Å². The predicted octanol–water partition coefficient (Wildman–Crippen LogP) is 3.45. The van der Waals surface area contributed by atoms with Crippen molar-refractivity contribution >= 4 is 40.2 Å². The molecule has 0 saturated carbocycles. The number of carbonyl (C=O) groups excluding carboxylic acids is 1. The Morgan fingerprint density at radius 2 is 2.00 bits per heavy atom. The van der Waals surface area contributed by atoms with E-state index in [0.29, 0.717) is 40.0 Å². The van der Waals surface area contributed by atoms with Crippen molar-refractivity contribution in [3.8, 4) is 23.2 Å². The number of fused-ring (bicyclic) bond motifs is 1. The summed E-state index contributed by atoms with van der Waals surface area (Å²) in [6.45, 7) is 3.57. The fraction of sp³-hybridized carbons (Fsp3) is 0.250. The van der Waals surface area contributed by atoms with Gasteiger partial charge in [-0.15, -0.1) is 0 Å². The van der Waals surface area contributed by atoms with E-state index in [0.717, 1.165) is 35.3 Å². The Kier molecular flexibility index (Phi) is 8.07. The number of hydrogen-bond acceptors (Lipinski definition) is 9. The summed E-state index contributed by atoms with van der Waals surface area (Å²) in [5.74, 6) is 0.342. The number of nitriles is 1. The van der Waals surface area contributed by atoms with Crippen LogP contribution in [0.2, 0.25) is 0 Å². The maximum Gasteiger partial charge on any atom is 0.241 e. The number of likely N-dealkylation sites (N-methyl/N-ethyl adjacent to an activating group) is 2. The number of pyridine rings is 1. The highest BCUT2D eigenvalue weighted by atomic mass is 16.5. The number of anilines is 3. The number of nitrogens with one attached hydrogen (secondary N) is 2. The first-order valence-corrected chi connectivity index (χ1v) is 12.2. The van der Waals surface area contributed by atoms with Gasteiger partial charge in [0.1, 0.15) is 11.8 Å². The molecule has 0 aliphatic rings. The molecule has 0 spiro atoms. The average molecular weight is 526 g/mol. The number of ether oxygens (including phenoxy) is 1. The second-order valence-corrected chi connectivity index (χ2v) is 9.32. The molecule has 0 saturated heterocycles. The zero-order chi connectivity index (χ0) is 28.1. The summed E-state index contributed by atoms with van der Waals surface area (Å²) >= 11 is 0. The van der Waals surface area contributed by atoms with E-state index in [-0.39, 0.29) is 0 Å². The largest absolute Gasteiger partial charge is 0.494 e. The van der Waals surface area contributed by atoms with Crippen molar-refractivity contribution in [2.24, 2.45) is 5.73 Å². The number of rotatable bonds is 10. The van der Waals surface area contributed by atoms with Crippen LogP contribution in [0.4, 0.5) is 17.3 Å². The van der Waals surface area contributed by atoms with E-state index in [1.54, 1.807) is 25.4 Å². The lowest BCUT2D eigenvalue weighted by molar-refractivity contribution is -0.113. The van der Waals surface area contributed by atoms with Gasteiger partial charge in [0, 0.05) is 61.3 Å². The predicted molar refractivity (Wildman–Crippen MR) is 153 cm³/mol. The molecule has 200 valence electrons. The molecular weight excluding hydrogens is 494 g/mol. The molecule has 0 fully saturated rings.